The van der Waals surface area contributed by atoms with E-state index in [0.717, 1.165) is 156 Å². The summed E-state index contributed by atoms with van der Waals surface area (Å²) < 4.78 is 17.6. The molecule has 0 bridgehead atoms. The van der Waals surface area contributed by atoms with Gasteiger partial charge in [0, 0.05) is 93.1 Å². The van der Waals surface area contributed by atoms with Crippen LogP contribution in [0.2, 0.25) is 0 Å². The van der Waals surface area contributed by atoms with Crippen LogP contribution in [0.3, 0.4) is 0 Å². The molecule has 0 unspecified atom stereocenters. The number of carbonyl (C=O) groups is 8. The monoisotopic (exact) mass is 1960 g/mol. The predicted octanol–water partition coefficient (Wildman–Crippen LogP) is 24.1. The number of halogens is 1. The summed E-state index contributed by atoms with van der Waals surface area (Å²) in [5.74, 6) is -4.61. The standard InChI is InChI=1S/C32H41N3O3.C31H39N3O4.C27H31N3O4.C25H24BrNO3/c1-8-35(9-2)20-19-34(7)26-17-15-23(3)28(22-26)30(36)33-29-21-25(24-13-11-10-12-14-24)16-18-27(29)31(37)38-32(4,5)6;1-7-34(8-2)19-18-33(6)24-15-17-28(35)26(21-24)29(36)32-27-20-23(22-12-10-9-11-13-22)14-16-25(27)30(37)38-31(3,4)5;1-4-30(5-2)16-15-29(3)21-12-14-25(31)23(18-21)26(32)28-24-17-20(11-13-22(24)27(33)34)19-9-7-6-8-10-19;1-16-10-12-19(26)15-21(16)23(28)27-22-14-18(17-8-6-5-7-9-17)11-13-20(22)24(29)30-25(2,3)4/h10-18,21-22H,8-9,19-20H2,1-7H3,(H,33,36);9-17,20-21,35H,7-8,18-19H2,1-6H3,(H,32,36);6-14,17-18,31H,4-5,15-16H2,1-3H3,(H,28,32)(H,33,34);5-15H,1-4H3,(H,27,28). The minimum absolute atomic E-state index is 0.0278. The highest BCUT2D eigenvalue weighted by atomic mass is 79.9. The number of aromatic carboxylic acids is 1. The lowest BCUT2D eigenvalue weighted by molar-refractivity contribution is 0.00580. The number of likely N-dealkylation sites (N-methyl/N-ethyl adjacent to an activating group) is 6. The van der Waals surface area contributed by atoms with E-state index in [0.29, 0.717) is 39.3 Å². The zero-order valence-corrected chi connectivity index (χ0v) is 85.9. The Morgan fingerprint density at radius 3 is 0.800 bits per heavy atom. The quantitative estimate of drug-likeness (QED) is 0.0146. The number of benzene rings is 12. The third kappa shape index (κ3) is 32.4. The van der Waals surface area contributed by atoms with Crippen molar-refractivity contribution in [2.24, 2.45) is 0 Å². The number of phenolic OH excluding ortho intramolecular Hbond substituents is 2. The molecule has 0 radical (unpaired) electrons. The lowest BCUT2D eigenvalue weighted by atomic mass is 10.0. The summed E-state index contributed by atoms with van der Waals surface area (Å²) >= 11 is 3.41. The first-order valence-corrected chi connectivity index (χ1v) is 48.1. The summed E-state index contributed by atoms with van der Waals surface area (Å²) in [5.41, 5.74) is 12.9. The molecule has 0 aliphatic carbocycles. The first-order chi connectivity index (χ1) is 66.5. The molecule has 25 heteroatoms. The Morgan fingerprint density at radius 1 is 0.286 bits per heavy atom. The highest BCUT2D eigenvalue weighted by Gasteiger charge is 2.29. The van der Waals surface area contributed by atoms with Crippen molar-refractivity contribution in [3.8, 4) is 56.0 Å². The van der Waals surface area contributed by atoms with E-state index >= 15 is 0 Å². The average Bonchev–Trinajstić information content (AvgIpc) is 0.998. The maximum Gasteiger partial charge on any atom is 0.340 e. The number of ether oxygens (including phenoxy) is 3. The number of hydrogen-bond acceptors (Lipinski definition) is 19. The average molecular weight is 1960 g/mol. The number of carboxylic acids is 1. The number of nitrogens with one attached hydrogen (secondary N) is 4. The maximum atomic E-state index is 13.6. The number of carboxylic acid groups (broad SMARTS) is 1. The maximum absolute atomic E-state index is 13.6. The predicted molar refractivity (Wildman–Crippen MR) is 571 cm³/mol. The summed E-state index contributed by atoms with van der Waals surface area (Å²) in [7, 11) is 5.94. The fourth-order valence-electron chi connectivity index (χ4n) is 15.0. The fraction of sp³-hybridized carbons (Fsp3) is 0.304. The van der Waals surface area contributed by atoms with Crippen LogP contribution < -0.4 is 36.0 Å². The summed E-state index contributed by atoms with van der Waals surface area (Å²) in [5, 5.41) is 42.0. The number of esters is 3. The molecule has 0 aliphatic heterocycles. The van der Waals surface area contributed by atoms with Crippen molar-refractivity contribution >= 4 is 103 Å². The number of aryl methyl sites for hydroxylation is 2. The van der Waals surface area contributed by atoms with Gasteiger partial charge in [-0.3, -0.25) is 19.2 Å². The van der Waals surface area contributed by atoms with Crippen LogP contribution in [0, 0.1) is 13.8 Å². The van der Waals surface area contributed by atoms with E-state index in [9.17, 15) is 53.7 Å². The molecular weight excluding hydrogens is 1830 g/mol. The van der Waals surface area contributed by atoms with Gasteiger partial charge in [0.05, 0.1) is 56.1 Å². The van der Waals surface area contributed by atoms with Gasteiger partial charge in [-0.25, -0.2) is 19.2 Å². The topological polar surface area (TPSA) is 292 Å². The summed E-state index contributed by atoms with van der Waals surface area (Å²) in [6.45, 7) is 43.9. The number of amides is 4. The number of nitrogens with zero attached hydrogens (tertiary/aromatic N) is 6. The Labute approximate surface area is 833 Å². The molecule has 0 saturated heterocycles. The van der Waals surface area contributed by atoms with E-state index in [4.69, 9.17) is 14.2 Å². The Kier molecular flexibility index (Phi) is 40.2. The van der Waals surface area contributed by atoms with E-state index in [1.807, 2.05) is 257 Å². The number of phenols is 2. The van der Waals surface area contributed by atoms with Gasteiger partial charge in [0.15, 0.2) is 0 Å². The van der Waals surface area contributed by atoms with Crippen molar-refractivity contribution in [1.29, 1.82) is 0 Å². The number of carbonyl (C=O) groups excluding carboxylic acids is 7. The molecule has 0 saturated carbocycles. The molecular formula is C115H135BrN10O14. The largest absolute Gasteiger partial charge is 0.507 e. The van der Waals surface area contributed by atoms with Crippen LogP contribution in [0.4, 0.5) is 39.8 Å². The summed E-state index contributed by atoms with van der Waals surface area (Å²) in [6.07, 6.45) is 0. The molecule has 4 amide bonds. The second-order valence-corrected chi connectivity index (χ2v) is 37.8. The summed E-state index contributed by atoms with van der Waals surface area (Å²) in [4.78, 5) is 117. The number of aromatic hydroxyl groups is 2. The number of rotatable bonds is 34. The van der Waals surface area contributed by atoms with Crippen LogP contribution >= 0.6 is 15.9 Å². The molecule has 0 spiro atoms. The van der Waals surface area contributed by atoms with Crippen LogP contribution in [0.1, 0.15) is 198 Å². The van der Waals surface area contributed by atoms with Gasteiger partial charge in [-0.2, -0.15) is 0 Å². The third-order valence-electron chi connectivity index (χ3n) is 23.2. The van der Waals surface area contributed by atoms with Crippen molar-refractivity contribution in [2.75, 3.05) is 136 Å². The van der Waals surface area contributed by atoms with Crippen LogP contribution in [0.15, 0.2) is 271 Å². The highest BCUT2D eigenvalue weighted by Crippen LogP contribution is 2.36. The van der Waals surface area contributed by atoms with E-state index in [-0.39, 0.29) is 51.3 Å². The van der Waals surface area contributed by atoms with Crippen LogP contribution in [0.5, 0.6) is 11.5 Å². The molecule has 0 aliphatic rings. The van der Waals surface area contributed by atoms with Gasteiger partial charge in [0.2, 0.25) is 0 Å². The van der Waals surface area contributed by atoms with Gasteiger partial charge in [-0.1, -0.05) is 215 Å². The molecule has 0 aromatic heterocycles. The van der Waals surface area contributed by atoms with Gasteiger partial charge in [0.25, 0.3) is 23.6 Å². The molecule has 7 N–H and O–H groups in total. The molecule has 12 rings (SSSR count). The molecule has 140 heavy (non-hydrogen) atoms. The Balaban J connectivity index is 0.000000209. The Bertz CT molecular complexity index is 6030. The fourth-order valence-corrected chi connectivity index (χ4v) is 15.4. The van der Waals surface area contributed by atoms with Crippen molar-refractivity contribution in [3.05, 3.63) is 327 Å². The van der Waals surface area contributed by atoms with Crippen LogP contribution in [-0.4, -0.2) is 194 Å². The first-order valence-electron chi connectivity index (χ1n) is 47.3. The van der Waals surface area contributed by atoms with Gasteiger partial charge in [0.1, 0.15) is 28.3 Å². The smallest absolute Gasteiger partial charge is 0.340 e. The lowest BCUT2D eigenvalue weighted by Gasteiger charge is -2.25. The zero-order chi connectivity index (χ0) is 102. The first kappa shape index (κ1) is 109. The SMILES string of the molecule is CCN(CC)CCN(C)c1ccc(C)c(C(=O)Nc2cc(-c3ccccc3)ccc2C(=O)OC(C)(C)C)c1.CCN(CC)CCN(C)c1ccc(O)c(C(=O)Nc2cc(-c3ccccc3)ccc2C(=O)O)c1.CCN(CC)CCN(C)c1ccc(O)c(C(=O)Nc2cc(-c3ccccc3)ccc2C(=O)OC(C)(C)C)c1.Cc1ccc(Br)cc1C(=O)Nc1cc(-c2ccccc2)ccc1C(=O)OC(C)(C)C. The van der Waals surface area contributed by atoms with Gasteiger partial charge in [-0.15, -0.1) is 0 Å². The van der Waals surface area contributed by atoms with Crippen molar-refractivity contribution < 1.29 is 67.9 Å². The molecule has 736 valence electrons. The molecule has 0 heterocycles. The minimum Gasteiger partial charge on any atom is -0.507 e. The van der Waals surface area contributed by atoms with Gasteiger partial charge in [-0.05, 0) is 280 Å². The summed E-state index contributed by atoms with van der Waals surface area (Å²) in [6, 6.07) is 80.9. The minimum atomic E-state index is -1.15. The van der Waals surface area contributed by atoms with Crippen molar-refractivity contribution in [3.63, 3.8) is 0 Å². The number of anilines is 7. The Hall–Kier alpha value is -14.2. The van der Waals surface area contributed by atoms with Crippen molar-refractivity contribution in [1.82, 2.24) is 14.7 Å². The second-order valence-electron chi connectivity index (χ2n) is 36.8. The normalized spacial score (nSPS) is 11.2. The van der Waals surface area contributed by atoms with Crippen LogP contribution in [-0.2, 0) is 14.2 Å². The molecule has 12 aromatic rings. The number of hydrogen-bond donors (Lipinski definition) is 7. The lowest BCUT2D eigenvalue weighted by Crippen LogP contribution is -2.33. The molecule has 12 aromatic carbocycles. The van der Waals surface area contributed by atoms with Gasteiger partial charge >= 0.3 is 23.9 Å². The van der Waals surface area contributed by atoms with E-state index in [1.54, 1.807) is 93.6 Å². The van der Waals surface area contributed by atoms with Gasteiger partial charge < -0.3 is 80.2 Å². The zero-order valence-electron chi connectivity index (χ0n) is 84.3. The molecule has 0 fully saturated rings. The third-order valence-corrected chi connectivity index (χ3v) is 23.7. The van der Waals surface area contributed by atoms with E-state index in [2.05, 4.69) is 103 Å². The highest BCUT2D eigenvalue weighted by molar-refractivity contribution is 9.10. The van der Waals surface area contributed by atoms with E-state index < -0.39 is 52.5 Å². The molecule has 24 nitrogen and oxygen atoms in total. The van der Waals surface area contributed by atoms with Crippen molar-refractivity contribution in [2.45, 2.75) is 135 Å². The Morgan fingerprint density at radius 2 is 0.529 bits per heavy atom. The second kappa shape index (κ2) is 51.4. The van der Waals surface area contributed by atoms with Crippen LogP contribution in [0.25, 0.3) is 44.5 Å². The molecule has 0 atom stereocenters. The van der Waals surface area contributed by atoms with E-state index in [1.165, 1.54) is 18.2 Å².